The molecule has 0 aromatic carbocycles. The molecule has 0 aromatic heterocycles. The first-order valence-electron chi connectivity index (χ1n) is 13.7. The summed E-state index contributed by atoms with van der Waals surface area (Å²) >= 11 is 0. The topological polar surface area (TPSA) is 17.1 Å². The summed E-state index contributed by atoms with van der Waals surface area (Å²) in [7, 11) is -14.0. The summed E-state index contributed by atoms with van der Waals surface area (Å²) in [6.07, 6.45) is -17.7. The third-order valence-corrected chi connectivity index (χ3v) is 11.2. The number of halogens is 43. The van der Waals surface area contributed by atoms with Crippen LogP contribution in [-0.2, 0) is 4.57 Å². The normalized spacial score (nSPS) is 17.4. The van der Waals surface area contributed by atoms with Gasteiger partial charge in [-0.25, -0.2) is 4.39 Å². The summed E-state index contributed by atoms with van der Waals surface area (Å²) in [5.74, 6) is -153. The minimum absolute atomic E-state index is 4.84. The van der Waals surface area contributed by atoms with Crippen molar-refractivity contribution < 1.29 is 193 Å². The molecule has 0 saturated heterocycles. The van der Waals surface area contributed by atoms with E-state index in [1.165, 1.54) is 0 Å². The van der Waals surface area contributed by atoms with Gasteiger partial charge in [-0.15, -0.1) is 0 Å². The van der Waals surface area contributed by atoms with Crippen LogP contribution in [-0.4, -0.2) is 125 Å². The second-order valence-electron chi connectivity index (χ2n) is 12.1. The van der Waals surface area contributed by atoms with Crippen LogP contribution < -0.4 is 0 Å². The van der Waals surface area contributed by atoms with Gasteiger partial charge in [-0.1, -0.05) is 0 Å². The molecule has 1 nitrogen and oxygen atoms in total. The van der Waals surface area contributed by atoms with Crippen LogP contribution in [0, 0.1) is 0 Å². The molecule has 0 rings (SSSR count). The first kappa shape index (κ1) is 63.2. The Bertz CT molecular complexity index is 1730. The predicted molar refractivity (Wildman–Crippen MR) is 115 cm³/mol. The first-order valence-corrected chi connectivity index (χ1v) is 15.4. The number of rotatable bonds is 19. The summed E-state index contributed by atoms with van der Waals surface area (Å²) < 4.78 is 602. The second kappa shape index (κ2) is 15.1. The molecule has 0 aliphatic heterocycles. The lowest BCUT2D eigenvalue weighted by Crippen LogP contribution is -2.76. The second-order valence-corrected chi connectivity index (χ2v) is 15.0. The molecule has 0 unspecified atom stereocenters. The SMILES string of the molecule is O=P(C(F)(F)C(F)(F)C(F)(F)C(F)(F)C(F)(F)C(F)(F)CF)(C(F)(F)C(F)(F)C(F)(F)C(F)(F)C(F)(F)C(F)(F)C(F)(F)F)C(F)(F)C(F)(F)C(F)(F)C(F)(F)C(F)(F)C(F)(F)C(F)(F)F. The van der Waals surface area contributed by atoms with Gasteiger partial charge in [-0.2, -0.15) is 184 Å². The highest BCUT2D eigenvalue weighted by Gasteiger charge is 3.05. The monoisotopic (exact) mass is 1120 g/mol. The third kappa shape index (κ3) is 6.84. The fraction of sp³-hybridized carbons (Fsp3) is 1.00. The van der Waals surface area contributed by atoms with E-state index in [0.29, 0.717) is 0 Å². The molecule has 0 aliphatic carbocycles. The quantitative estimate of drug-likeness (QED) is 0.0931. The summed E-state index contributed by atoms with van der Waals surface area (Å²) in [5.41, 5.74) is -34.7. The van der Waals surface area contributed by atoms with Crippen LogP contribution in [0.5, 0.6) is 0 Å². The van der Waals surface area contributed by atoms with E-state index in [0.717, 1.165) is 0 Å². The molecule has 45 heteroatoms. The van der Waals surface area contributed by atoms with Gasteiger partial charge in [0.25, 0.3) is 0 Å². The van der Waals surface area contributed by atoms with Crippen LogP contribution in [0.15, 0.2) is 0 Å². The maximum atomic E-state index is 15.0. The van der Waals surface area contributed by atoms with E-state index >= 15 is 0 Å². The van der Waals surface area contributed by atoms with Gasteiger partial charge in [-0.05, 0) is 0 Å². The average Bonchev–Trinajstić information content (AvgIpc) is 3.08. The Morgan fingerprint density at radius 1 is 0.212 bits per heavy atom. The maximum Gasteiger partial charge on any atom is 0.460 e. The molecule has 0 N–H and O–H groups in total. The van der Waals surface area contributed by atoms with Crippen LogP contribution in [0.1, 0.15) is 0 Å². The summed E-state index contributed by atoms with van der Waals surface area (Å²) in [5, 5.41) is 0. The molecule has 0 bridgehead atoms. The minimum atomic E-state index is -14.0. The fourth-order valence-electron chi connectivity index (χ4n) is 3.94. The third-order valence-electron chi connectivity index (χ3n) is 8.00. The van der Waals surface area contributed by atoms with Gasteiger partial charge in [-0.3, -0.25) is 0 Å². The van der Waals surface area contributed by atoms with E-state index in [4.69, 9.17) is 0 Å². The van der Waals surface area contributed by atoms with Gasteiger partial charge in [0.05, 0.1) is 0 Å². The van der Waals surface area contributed by atoms with E-state index in [1.54, 1.807) is 0 Å². The van der Waals surface area contributed by atoms with Gasteiger partial charge >= 0.3 is 125 Å². The largest absolute Gasteiger partial charge is 0.460 e. The number of hydrogen-bond donors (Lipinski definition) is 0. The predicted octanol–water partition coefficient (Wildman–Crippen LogP) is 14.8. The zero-order valence-electron chi connectivity index (χ0n) is 27.8. The van der Waals surface area contributed by atoms with Crippen molar-refractivity contribution in [2.75, 3.05) is 6.67 Å². The number of hydrogen-bond acceptors (Lipinski definition) is 1. The van der Waals surface area contributed by atoms with Crippen molar-refractivity contribution in [3.8, 4) is 0 Å². The van der Waals surface area contributed by atoms with E-state index in [2.05, 4.69) is 0 Å². The highest BCUT2D eigenvalue weighted by molar-refractivity contribution is 7.67. The standard InChI is InChI=1S/C21H2F43OP/c22-1-2(23,24)3(25,26)4(27,28)9(37,38)14(47,48)19(59,60)66(65,20(61,62)15(49,50)10(39,40)5(29,30)7(33,34)12(43,44)17(53,54)55)21(63,64)16(51,52)11(41,42)6(31,32)8(35,36)13(45,46)18(56,57)58/h1H2. The molecule has 0 saturated carbocycles. The van der Waals surface area contributed by atoms with Crippen LogP contribution in [0.25, 0.3) is 0 Å². The van der Waals surface area contributed by atoms with E-state index in [-0.39, 0.29) is 0 Å². The lowest BCUT2D eigenvalue weighted by Gasteiger charge is -2.49. The van der Waals surface area contributed by atoms with Crippen LogP contribution in [0.4, 0.5) is 189 Å². The molecule has 0 aromatic rings. The van der Waals surface area contributed by atoms with Crippen molar-refractivity contribution in [2.24, 2.45) is 0 Å². The Morgan fingerprint density at radius 3 is 0.500 bits per heavy atom. The Kier molecular flexibility index (Phi) is 14.5. The van der Waals surface area contributed by atoms with Crippen molar-refractivity contribution in [1.82, 2.24) is 0 Å². The van der Waals surface area contributed by atoms with Crippen molar-refractivity contribution in [1.29, 1.82) is 0 Å². The van der Waals surface area contributed by atoms with Gasteiger partial charge in [0.15, 0.2) is 6.67 Å². The molecule has 0 atom stereocenters. The van der Waals surface area contributed by atoms with Crippen LogP contribution >= 0.6 is 7.14 Å². The van der Waals surface area contributed by atoms with Gasteiger partial charge in [0, 0.05) is 0 Å². The van der Waals surface area contributed by atoms with E-state index < -0.39 is 132 Å². The van der Waals surface area contributed by atoms with E-state index in [9.17, 15) is 193 Å². The lowest BCUT2D eigenvalue weighted by molar-refractivity contribution is -0.451. The zero-order chi connectivity index (χ0) is 55.2. The maximum absolute atomic E-state index is 15.0. The minimum Gasteiger partial charge on any atom is -0.304 e. The molecule has 0 aliphatic rings. The zero-order valence-corrected chi connectivity index (χ0v) is 28.7. The van der Waals surface area contributed by atoms with Crippen molar-refractivity contribution in [2.45, 2.75) is 118 Å². The first-order chi connectivity index (χ1) is 27.6. The average molecular weight is 1120 g/mol. The van der Waals surface area contributed by atoms with Crippen LogP contribution in [0.3, 0.4) is 0 Å². The Hall–Kier alpha value is -2.78. The highest BCUT2D eigenvalue weighted by Crippen LogP contribution is 2.89. The van der Waals surface area contributed by atoms with Crippen molar-refractivity contribution >= 4 is 7.14 Å². The summed E-state index contributed by atoms with van der Waals surface area (Å²) in [6, 6.07) is 0. The Balaban J connectivity index is 9.63. The molecule has 0 amide bonds. The molecule has 398 valence electrons. The lowest BCUT2D eigenvalue weighted by atomic mass is 9.93. The smallest absolute Gasteiger partial charge is 0.304 e. The molecular formula is C21H2F43OP. The van der Waals surface area contributed by atoms with Gasteiger partial charge < -0.3 is 4.57 Å². The van der Waals surface area contributed by atoms with Crippen molar-refractivity contribution in [3.05, 3.63) is 0 Å². The molecule has 0 spiro atoms. The van der Waals surface area contributed by atoms with Gasteiger partial charge in [0.1, 0.15) is 0 Å². The highest BCUT2D eigenvalue weighted by atomic mass is 31.2. The molecule has 66 heavy (non-hydrogen) atoms. The molecule has 0 fully saturated rings. The Labute approximate surface area is 326 Å². The summed E-state index contributed by atoms with van der Waals surface area (Å²) in [4.78, 5) is 0. The van der Waals surface area contributed by atoms with Crippen molar-refractivity contribution in [3.63, 3.8) is 0 Å². The molecular weight excluding hydrogens is 1120 g/mol. The summed E-state index contributed by atoms with van der Waals surface area (Å²) in [6.45, 7) is -4.84. The molecule has 0 radical (unpaired) electrons. The Morgan fingerprint density at radius 2 is 0.348 bits per heavy atom. The molecule has 0 heterocycles. The van der Waals surface area contributed by atoms with Crippen LogP contribution in [0.2, 0.25) is 0 Å². The fourth-order valence-corrected chi connectivity index (χ4v) is 6.60. The van der Waals surface area contributed by atoms with E-state index in [1.807, 2.05) is 0 Å². The number of alkyl halides is 43. The van der Waals surface area contributed by atoms with Gasteiger partial charge in [0.2, 0.25) is 0 Å².